The summed E-state index contributed by atoms with van der Waals surface area (Å²) in [7, 11) is 0. The largest absolute Gasteiger partial charge is 0.372 e. The lowest BCUT2D eigenvalue weighted by molar-refractivity contribution is -0.111. The predicted molar refractivity (Wildman–Crippen MR) is 40.4 cm³/mol. The summed E-state index contributed by atoms with van der Waals surface area (Å²) >= 11 is 0. The fourth-order valence-electron chi connectivity index (χ4n) is 1.67. The second-order valence-electron chi connectivity index (χ2n) is 3.30. The van der Waals surface area contributed by atoms with E-state index >= 15 is 0 Å². The molecule has 0 spiro atoms. The lowest BCUT2D eigenvalue weighted by atomic mass is 10.2. The van der Waals surface area contributed by atoms with Crippen LogP contribution in [0.3, 0.4) is 0 Å². The molecule has 2 rings (SSSR count). The molecular formula is C8H13NO2. The molecule has 0 bridgehead atoms. The summed E-state index contributed by atoms with van der Waals surface area (Å²) in [6.45, 7) is 2.93. The van der Waals surface area contributed by atoms with Gasteiger partial charge in [0, 0.05) is 6.54 Å². The third-order valence-electron chi connectivity index (χ3n) is 2.41. The molecule has 0 aliphatic carbocycles. The molecule has 11 heavy (non-hydrogen) atoms. The molecule has 2 atom stereocenters. The number of ether oxygens (including phenoxy) is 1. The predicted octanol–water partition coefficient (Wildman–Crippen LogP) is 0.0485. The highest BCUT2D eigenvalue weighted by atomic mass is 16.6. The van der Waals surface area contributed by atoms with Crippen LogP contribution < -0.4 is 0 Å². The molecule has 0 N–H and O–H groups in total. The summed E-state index contributed by atoms with van der Waals surface area (Å²) in [5.41, 5.74) is 0. The zero-order valence-corrected chi connectivity index (χ0v) is 6.53. The van der Waals surface area contributed by atoms with Crippen molar-refractivity contribution in [2.45, 2.75) is 25.0 Å². The van der Waals surface area contributed by atoms with Gasteiger partial charge in [-0.1, -0.05) is 0 Å². The highest BCUT2D eigenvalue weighted by Crippen LogP contribution is 2.19. The summed E-state index contributed by atoms with van der Waals surface area (Å²) < 4.78 is 5.11. The fourth-order valence-corrected chi connectivity index (χ4v) is 1.67. The van der Waals surface area contributed by atoms with Crippen molar-refractivity contribution >= 4 is 6.29 Å². The molecule has 0 aromatic rings. The number of hydrogen-bond donors (Lipinski definition) is 0. The van der Waals surface area contributed by atoms with E-state index in [0.717, 1.165) is 38.8 Å². The first-order chi connectivity index (χ1) is 5.40. The minimum atomic E-state index is 0.180. The number of rotatable bonds is 3. The molecule has 0 saturated carbocycles. The molecule has 2 fully saturated rings. The van der Waals surface area contributed by atoms with Crippen LogP contribution in [0.4, 0.5) is 0 Å². The van der Waals surface area contributed by atoms with Crippen LogP contribution in [0.5, 0.6) is 0 Å². The highest BCUT2D eigenvalue weighted by Gasteiger charge is 2.31. The number of epoxide rings is 1. The third-order valence-corrected chi connectivity index (χ3v) is 2.41. The van der Waals surface area contributed by atoms with Crippen LogP contribution >= 0.6 is 0 Å². The van der Waals surface area contributed by atoms with E-state index in [1.807, 2.05) is 0 Å². The molecule has 0 radical (unpaired) electrons. The van der Waals surface area contributed by atoms with Crippen LogP contribution in [0.2, 0.25) is 0 Å². The number of aldehydes is 1. The minimum absolute atomic E-state index is 0.180. The average molecular weight is 155 g/mol. The van der Waals surface area contributed by atoms with Gasteiger partial charge < -0.3 is 9.53 Å². The Bertz CT molecular complexity index is 156. The molecule has 2 aliphatic heterocycles. The van der Waals surface area contributed by atoms with E-state index in [9.17, 15) is 4.79 Å². The van der Waals surface area contributed by atoms with Crippen LogP contribution in [0.25, 0.3) is 0 Å². The SMILES string of the molecule is O=CC1CCCN1CC1CO1. The number of carbonyl (C=O) groups is 1. The van der Waals surface area contributed by atoms with E-state index in [-0.39, 0.29) is 6.04 Å². The zero-order valence-electron chi connectivity index (χ0n) is 6.53. The van der Waals surface area contributed by atoms with Crippen molar-refractivity contribution in [1.29, 1.82) is 0 Å². The molecule has 0 aromatic heterocycles. The van der Waals surface area contributed by atoms with E-state index < -0.39 is 0 Å². The minimum Gasteiger partial charge on any atom is -0.372 e. The molecule has 2 aliphatic rings. The van der Waals surface area contributed by atoms with Crippen molar-refractivity contribution in [3.05, 3.63) is 0 Å². The summed E-state index contributed by atoms with van der Waals surface area (Å²) in [5, 5.41) is 0. The van der Waals surface area contributed by atoms with Gasteiger partial charge in [0.25, 0.3) is 0 Å². The van der Waals surface area contributed by atoms with E-state index in [4.69, 9.17) is 4.74 Å². The number of nitrogens with zero attached hydrogens (tertiary/aromatic N) is 1. The van der Waals surface area contributed by atoms with Gasteiger partial charge >= 0.3 is 0 Å². The van der Waals surface area contributed by atoms with Crippen LogP contribution in [0.15, 0.2) is 0 Å². The molecule has 62 valence electrons. The van der Waals surface area contributed by atoms with Gasteiger partial charge in [0.15, 0.2) is 0 Å². The smallest absolute Gasteiger partial charge is 0.137 e. The topological polar surface area (TPSA) is 32.8 Å². The summed E-state index contributed by atoms with van der Waals surface area (Å²) in [5.74, 6) is 0. The molecule has 3 nitrogen and oxygen atoms in total. The van der Waals surface area contributed by atoms with Crippen molar-refractivity contribution in [2.24, 2.45) is 0 Å². The molecular weight excluding hydrogens is 142 g/mol. The summed E-state index contributed by atoms with van der Waals surface area (Å²) in [6.07, 6.45) is 3.69. The van der Waals surface area contributed by atoms with Crippen LogP contribution in [0.1, 0.15) is 12.8 Å². The molecule has 0 amide bonds. The Morgan fingerprint density at radius 2 is 2.45 bits per heavy atom. The standard InChI is InChI=1S/C8H13NO2/c10-5-7-2-1-3-9(7)4-8-6-11-8/h5,7-8H,1-4,6H2. The lowest BCUT2D eigenvalue weighted by Gasteiger charge is -2.17. The van der Waals surface area contributed by atoms with E-state index in [0.29, 0.717) is 6.10 Å². The Morgan fingerprint density at radius 1 is 1.64 bits per heavy atom. The van der Waals surface area contributed by atoms with Gasteiger partial charge in [0.2, 0.25) is 0 Å². The maximum Gasteiger partial charge on any atom is 0.137 e. The molecule has 0 aromatic carbocycles. The maximum absolute atomic E-state index is 10.5. The first-order valence-electron chi connectivity index (χ1n) is 4.21. The van der Waals surface area contributed by atoms with Gasteiger partial charge in [-0.05, 0) is 19.4 Å². The Hall–Kier alpha value is -0.410. The number of carbonyl (C=O) groups excluding carboxylic acids is 1. The summed E-state index contributed by atoms with van der Waals surface area (Å²) in [6, 6.07) is 0.180. The van der Waals surface area contributed by atoms with E-state index in [2.05, 4.69) is 4.90 Å². The first kappa shape index (κ1) is 7.25. The van der Waals surface area contributed by atoms with E-state index in [1.165, 1.54) is 0 Å². The van der Waals surface area contributed by atoms with Gasteiger partial charge in [-0.15, -0.1) is 0 Å². The zero-order chi connectivity index (χ0) is 7.68. The van der Waals surface area contributed by atoms with Gasteiger partial charge in [0.1, 0.15) is 6.29 Å². The first-order valence-corrected chi connectivity index (χ1v) is 4.21. The van der Waals surface area contributed by atoms with Crippen molar-refractivity contribution in [1.82, 2.24) is 4.90 Å². The van der Waals surface area contributed by atoms with Crippen molar-refractivity contribution in [3.8, 4) is 0 Å². The van der Waals surface area contributed by atoms with Crippen molar-refractivity contribution < 1.29 is 9.53 Å². The van der Waals surface area contributed by atoms with Crippen LogP contribution in [-0.4, -0.2) is 43.0 Å². The molecule has 2 unspecified atom stereocenters. The van der Waals surface area contributed by atoms with Gasteiger partial charge in [0.05, 0.1) is 18.8 Å². The molecule has 2 saturated heterocycles. The Morgan fingerprint density at radius 3 is 3.09 bits per heavy atom. The second kappa shape index (κ2) is 2.91. The highest BCUT2D eigenvalue weighted by molar-refractivity contribution is 5.58. The molecule has 3 heteroatoms. The number of hydrogen-bond acceptors (Lipinski definition) is 3. The normalized spacial score (nSPS) is 37.5. The Labute approximate surface area is 66.3 Å². The van der Waals surface area contributed by atoms with Crippen LogP contribution in [-0.2, 0) is 9.53 Å². The van der Waals surface area contributed by atoms with E-state index in [1.54, 1.807) is 0 Å². The average Bonchev–Trinajstić information content (AvgIpc) is 2.68. The van der Waals surface area contributed by atoms with Crippen molar-refractivity contribution in [3.63, 3.8) is 0 Å². The monoisotopic (exact) mass is 155 g/mol. The Kier molecular flexibility index (Phi) is 1.92. The molecule has 2 heterocycles. The van der Waals surface area contributed by atoms with Gasteiger partial charge in [-0.2, -0.15) is 0 Å². The summed E-state index contributed by atoms with van der Waals surface area (Å²) in [4.78, 5) is 12.8. The van der Waals surface area contributed by atoms with Gasteiger partial charge in [-0.3, -0.25) is 4.90 Å². The van der Waals surface area contributed by atoms with Gasteiger partial charge in [-0.25, -0.2) is 0 Å². The quantitative estimate of drug-likeness (QED) is 0.426. The van der Waals surface area contributed by atoms with Crippen molar-refractivity contribution in [2.75, 3.05) is 19.7 Å². The third kappa shape index (κ3) is 1.60. The van der Waals surface area contributed by atoms with Crippen LogP contribution in [0, 0.1) is 0 Å². The Balaban J connectivity index is 1.84. The lowest BCUT2D eigenvalue weighted by Crippen LogP contribution is -2.33. The fraction of sp³-hybridized carbons (Fsp3) is 0.875. The number of likely N-dealkylation sites (tertiary alicyclic amines) is 1. The second-order valence-corrected chi connectivity index (χ2v) is 3.30. The maximum atomic E-state index is 10.5.